The quantitative estimate of drug-likeness (QED) is 0.313. The fourth-order valence-electron chi connectivity index (χ4n) is 3.46. The van der Waals surface area contributed by atoms with E-state index in [0.29, 0.717) is 5.69 Å². The van der Waals surface area contributed by atoms with Crippen LogP contribution in [0.15, 0.2) is 101 Å². The summed E-state index contributed by atoms with van der Waals surface area (Å²) < 4.78 is 40.9. The standard InChI is InChI=1S/C26H22FN3O3S/c1-19-9-13-23(14-10-19)30(34(32,33)24-15-11-22(27)12-16-24)18-26(31)29-28-17-21-7-4-6-20-5-2-3-8-25(20)21/h2-17H,18H2,1H3,(H,29,31)/b28-17-. The molecule has 6 nitrogen and oxygen atoms in total. The molecule has 4 aromatic carbocycles. The molecule has 0 heterocycles. The van der Waals surface area contributed by atoms with E-state index in [9.17, 15) is 17.6 Å². The average Bonchev–Trinajstić information content (AvgIpc) is 2.83. The van der Waals surface area contributed by atoms with E-state index < -0.39 is 28.3 Å². The van der Waals surface area contributed by atoms with Gasteiger partial charge in [-0.3, -0.25) is 9.10 Å². The Bertz CT molecular complexity index is 1450. The summed E-state index contributed by atoms with van der Waals surface area (Å²) in [5, 5.41) is 6.03. The zero-order valence-corrected chi connectivity index (χ0v) is 19.2. The van der Waals surface area contributed by atoms with Crippen LogP contribution in [0.4, 0.5) is 10.1 Å². The lowest BCUT2D eigenvalue weighted by atomic mass is 10.1. The first-order valence-electron chi connectivity index (χ1n) is 10.5. The molecule has 0 bridgehead atoms. The van der Waals surface area contributed by atoms with Gasteiger partial charge in [0, 0.05) is 5.56 Å². The molecule has 8 heteroatoms. The molecule has 0 aromatic heterocycles. The molecule has 0 aliphatic rings. The number of aryl methyl sites for hydroxylation is 1. The van der Waals surface area contributed by atoms with Gasteiger partial charge in [-0.15, -0.1) is 0 Å². The van der Waals surface area contributed by atoms with Crippen molar-refractivity contribution in [3.8, 4) is 0 Å². The van der Waals surface area contributed by atoms with Crippen molar-refractivity contribution >= 4 is 38.6 Å². The fraction of sp³-hybridized carbons (Fsp3) is 0.0769. The number of nitrogens with one attached hydrogen (secondary N) is 1. The highest BCUT2D eigenvalue weighted by Gasteiger charge is 2.27. The van der Waals surface area contributed by atoms with E-state index in [0.717, 1.165) is 38.3 Å². The zero-order valence-electron chi connectivity index (χ0n) is 18.4. The van der Waals surface area contributed by atoms with Crippen LogP contribution in [0, 0.1) is 12.7 Å². The molecule has 0 fully saturated rings. The normalized spacial score (nSPS) is 11.6. The van der Waals surface area contributed by atoms with Crippen LogP contribution in [-0.4, -0.2) is 27.1 Å². The second kappa shape index (κ2) is 9.84. The molecular weight excluding hydrogens is 453 g/mol. The highest BCUT2D eigenvalue weighted by atomic mass is 32.2. The first kappa shape index (κ1) is 23.1. The Morgan fingerprint density at radius 1 is 0.941 bits per heavy atom. The van der Waals surface area contributed by atoms with Crippen molar-refractivity contribution in [3.05, 3.63) is 108 Å². The predicted molar refractivity (Wildman–Crippen MR) is 132 cm³/mol. The van der Waals surface area contributed by atoms with Gasteiger partial charge in [0.2, 0.25) is 0 Å². The van der Waals surface area contributed by atoms with Gasteiger partial charge in [0.1, 0.15) is 12.4 Å². The number of halogens is 1. The number of sulfonamides is 1. The summed E-state index contributed by atoms with van der Waals surface area (Å²) in [5.74, 6) is -1.18. The predicted octanol–water partition coefficient (Wildman–Crippen LogP) is 4.63. The summed E-state index contributed by atoms with van der Waals surface area (Å²) in [6, 6.07) is 24.7. The van der Waals surface area contributed by atoms with Crippen molar-refractivity contribution in [2.75, 3.05) is 10.8 Å². The number of carbonyl (C=O) groups is 1. The number of rotatable bonds is 7. The largest absolute Gasteiger partial charge is 0.271 e. The van der Waals surface area contributed by atoms with Crippen LogP contribution in [0.3, 0.4) is 0 Å². The molecule has 0 aliphatic heterocycles. The molecule has 1 N–H and O–H groups in total. The van der Waals surface area contributed by atoms with Gasteiger partial charge in [0.05, 0.1) is 16.8 Å². The summed E-state index contributed by atoms with van der Waals surface area (Å²) in [4.78, 5) is 12.6. The van der Waals surface area contributed by atoms with Gasteiger partial charge in [-0.25, -0.2) is 18.2 Å². The van der Waals surface area contributed by atoms with Crippen molar-refractivity contribution in [2.24, 2.45) is 5.10 Å². The van der Waals surface area contributed by atoms with Gasteiger partial charge >= 0.3 is 0 Å². The van der Waals surface area contributed by atoms with Crippen molar-refractivity contribution in [2.45, 2.75) is 11.8 Å². The smallest absolute Gasteiger partial charge is 0.264 e. The minimum absolute atomic E-state index is 0.124. The van der Waals surface area contributed by atoms with E-state index in [1.54, 1.807) is 24.3 Å². The van der Waals surface area contributed by atoms with Gasteiger partial charge in [-0.1, -0.05) is 60.2 Å². The van der Waals surface area contributed by atoms with E-state index in [1.807, 2.05) is 49.4 Å². The van der Waals surface area contributed by atoms with Crippen LogP contribution >= 0.6 is 0 Å². The monoisotopic (exact) mass is 475 g/mol. The summed E-state index contributed by atoms with van der Waals surface area (Å²) >= 11 is 0. The Balaban J connectivity index is 1.57. The Kier molecular flexibility index (Phi) is 6.70. The Hall–Kier alpha value is -4.04. The number of hydrazone groups is 1. The van der Waals surface area contributed by atoms with E-state index in [-0.39, 0.29) is 4.90 Å². The zero-order chi connectivity index (χ0) is 24.1. The molecule has 172 valence electrons. The Morgan fingerprint density at radius 3 is 2.35 bits per heavy atom. The number of carbonyl (C=O) groups excluding carboxylic acids is 1. The lowest BCUT2D eigenvalue weighted by molar-refractivity contribution is -0.119. The molecule has 0 spiro atoms. The lowest BCUT2D eigenvalue weighted by Crippen LogP contribution is -2.39. The summed E-state index contributed by atoms with van der Waals surface area (Å²) in [5.41, 5.74) is 4.46. The molecule has 4 rings (SSSR count). The molecule has 4 aromatic rings. The summed E-state index contributed by atoms with van der Waals surface area (Å²) in [7, 11) is -4.13. The molecule has 1 amide bonds. The second-order valence-electron chi connectivity index (χ2n) is 7.66. The third kappa shape index (κ3) is 5.13. The van der Waals surface area contributed by atoms with Crippen LogP contribution in [0.5, 0.6) is 0 Å². The van der Waals surface area contributed by atoms with Crippen LogP contribution in [0.25, 0.3) is 10.8 Å². The summed E-state index contributed by atoms with van der Waals surface area (Å²) in [6.07, 6.45) is 1.52. The van der Waals surface area contributed by atoms with Gasteiger partial charge in [-0.05, 0) is 54.1 Å². The van der Waals surface area contributed by atoms with Crippen LogP contribution < -0.4 is 9.73 Å². The van der Waals surface area contributed by atoms with E-state index >= 15 is 0 Å². The molecule has 0 atom stereocenters. The number of anilines is 1. The molecule has 0 saturated carbocycles. The van der Waals surface area contributed by atoms with Crippen molar-refractivity contribution < 1.29 is 17.6 Å². The maximum atomic E-state index is 13.3. The maximum absolute atomic E-state index is 13.3. The van der Waals surface area contributed by atoms with Gasteiger partial charge in [-0.2, -0.15) is 5.10 Å². The molecule has 0 saturated heterocycles. The lowest BCUT2D eigenvalue weighted by Gasteiger charge is -2.23. The van der Waals surface area contributed by atoms with Crippen LogP contribution in [0.1, 0.15) is 11.1 Å². The Morgan fingerprint density at radius 2 is 1.62 bits per heavy atom. The third-order valence-corrected chi connectivity index (χ3v) is 7.02. The molecular formula is C26H22FN3O3S. The molecule has 0 radical (unpaired) electrons. The fourth-order valence-corrected chi connectivity index (χ4v) is 4.88. The van der Waals surface area contributed by atoms with Gasteiger partial charge < -0.3 is 0 Å². The van der Waals surface area contributed by atoms with E-state index in [1.165, 1.54) is 18.3 Å². The topological polar surface area (TPSA) is 78.8 Å². The van der Waals surface area contributed by atoms with E-state index in [2.05, 4.69) is 10.5 Å². The number of amides is 1. The van der Waals surface area contributed by atoms with Crippen molar-refractivity contribution in [1.29, 1.82) is 0 Å². The SMILES string of the molecule is Cc1ccc(N(CC(=O)N/N=C\c2cccc3ccccc23)S(=O)(=O)c2ccc(F)cc2)cc1. The Labute approximate surface area is 197 Å². The second-order valence-corrected chi connectivity index (χ2v) is 9.53. The summed E-state index contributed by atoms with van der Waals surface area (Å²) in [6.45, 7) is 1.37. The number of nitrogens with zero attached hydrogens (tertiary/aromatic N) is 2. The first-order chi connectivity index (χ1) is 16.3. The van der Waals surface area contributed by atoms with Crippen LogP contribution in [-0.2, 0) is 14.8 Å². The van der Waals surface area contributed by atoms with Crippen LogP contribution in [0.2, 0.25) is 0 Å². The average molecular weight is 476 g/mol. The maximum Gasteiger partial charge on any atom is 0.264 e. The third-order valence-electron chi connectivity index (χ3n) is 5.23. The minimum Gasteiger partial charge on any atom is -0.271 e. The molecule has 0 unspecified atom stereocenters. The highest BCUT2D eigenvalue weighted by Crippen LogP contribution is 2.24. The van der Waals surface area contributed by atoms with Crippen molar-refractivity contribution in [3.63, 3.8) is 0 Å². The first-order valence-corrected chi connectivity index (χ1v) is 11.9. The number of hydrogen-bond acceptors (Lipinski definition) is 4. The number of fused-ring (bicyclic) bond motifs is 1. The number of hydrogen-bond donors (Lipinski definition) is 1. The van der Waals surface area contributed by atoms with Gasteiger partial charge in [0.15, 0.2) is 0 Å². The van der Waals surface area contributed by atoms with Gasteiger partial charge in [0.25, 0.3) is 15.9 Å². The highest BCUT2D eigenvalue weighted by molar-refractivity contribution is 7.92. The molecule has 34 heavy (non-hydrogen) atoms. The van der Waals surface area contributed by atoms with E-state index in [4.69, 9.17) is 0 Å². The minimum atomic E-state index is -4.13. The van der Waals surface area contributed by atoms with Crippen molar-refractivity contribution in [1.82, 2.24) is 5.43 Å². The molecule has 0 aliphatic carbocycles. The number of benzene rings is 4.